The number of amides is 1. The Hall–Kier alpha value is -1.68. The fraction of sp³-hybridized carbons (Fsp3) is 0.273. The Bertz CT molecular complexity index is 426. The molecule has 4 heteroatoms. The summed E-state index contributed by atoms with van der Waals surface area (Å²) in [5.41, 5.74) is 8.24. The van der Waals surface area contributed by atoms with Gasteiger partial charge in [-0.25, -0.2) is 0 Å². The Kier molecular flexibility index (Phi) is 2.51. The van der Waals surface area contributed by atoms with Crippen molar-refractivity contribution >= 4 is 17.3 Å². The van der Waals surface area contributed by atoms with Gasteiger partial charge in [-0.15, -0.1) is 0 Å². The van der Waals surface area contributed by atoms with Crippen molar-refractivity contribution in [2.75, 3.05) is 5.32 Å². The van der Waals surface area contributed by atoms with Gasteiger partial charge in [0.15, 0.2) is 6.17 Å². The molecule has 2 rings (SSSR count). The van der Waals surface area contributed by atoms with Gasteiger partial charge in [0.05, 0.1) is 0 Å². The van der Waals surface area contributed by atoms with Crippen LogP contribution in [-0.2, 0) is 4.79 Å². The summed E-state index contributed by atoms with van der Waals surface area (Å²) in [7, 11) is 0. The van der Waals surface area contributed by atoms with Gasteiger partial charge in [-0.2, -0.15) is 0 Å². The zero-order chi connectivity index (χ0) is 10.8. The van der Waals surface area contributed by atoms with Crippen LogP contribution in [0.5, 0.6) is 0 Å². The highest BCUT2D eigenvalue weighted by atomic mass is 16.2. The molecule has 1 aromatic carbocycles. The van der Waals surface area contributed by atoms with Crippen LogP contribution in [0.25, 0.3) is 0 Å². The van der Waals surface area contributed by atoms with Crippen LogP contribution >= 0.6 is 0 Å². The van der Waals surface area contributed by atoms with E-state index in [4.69, 9.17) is 5.73 Å². The Labute approximate surface area is 88.2 Å². The van der Waals surface area contributed by atoms with E-state index in [9.17, 15) is 4.79 Å². The molecule has 0 radical (unpaired) electrons. The minimum atomic E-state index is -0.799. The number of nitrogens with zero attached hydrogens (tertiary/aromatic N) is 1. The molecule has 15 heavy (non-hydrogen) atoms. The van der Waals surface area contributed by atoms with Crippen molar-refractivity contribution in [1.29, 1.82) is 0 Å². The van der Waals surface area contributed by atoms with Crippen LogP contribution in [0.2, 0.25) is 0 Å². The Morgan fingerprint density at radius 3 is 2.93 bits per heavy atom. The first kappa shape index (κ1) is 9.86. The highest BCUT2D eigenvalue weighted by Gasteiger charge is 2.20. The molecule has 0 saturated heterocycles. The number of carbonyl (C=O) groups excluding carboxylic acids is 1. The molecule has 78 valence electrons. The molecule has 1 aliphatic heterocycles. The molecule has 0 bridgehead atoms. The molecular formula is C11H13N3O. The van der Waals surface area contributed by atoms with Crippen LogP contribution in [0.4, 0.5) is 5.69 Å². The summed E-state index contributed by atoms with van der Waals surface area (Å²) in [5, 5.41) is 2.76. The number of carbonyl (C=O) groups is 1. The van der Waals surface area contributed by atoms with Crippen molar-refractivity contribution in [1.82, 2.24) is 0 Å². The van der Waals surface area contributed by atoms with E-state index in [1.165, 1.54) is 0 Å². The third kappa shape index (κ3) is 1.76. The van der Waals surface area contributed by atoms with Gasteiger partial charge in [0.25, 0.3) is 5.91 Å². The number of fused-ring (bicyclic) bond motifs is 1. The van der Waals surface area contributed by atoms with Crippen molar-refractivity contribution in [2.24, 2.45) is 10.7 Å². The van der Waals surface area contributed by atoms with Gasteiger partial charge < -0.3 is 11.1 Å². The lowest BCUT2D eigenvalue weighted by Crippen LogP contribution is -2.33. The van der Waals surface area contributed by atoms with Gasteiger partial charge in [0.1, 0.15) is 0 Å². The lowest BCUT2D eigenvalue weighted by atomic mass is 10.1. The highest BCUT2D eigenvalue weighted by Crippen LogP contribution is 2.20. The van der Waals surface area contributed by atoms with E-state index in [2.05, 4.69) is 10.3 Å². The summed E-state index contributed by atoms with van der Waals surface area (Å²) in [6.07, 6.45) is -0.0352. The number of para-hydroxylation sites is 1. The summed E-state index contributed by atoms with van der Waals surface area (Å²) in [5.74, 6) is -0.258. The number of benzene rings is 1. The molecule has 0 fully saturated rings. The van der Waals surface area contributed by atoms with Gasteiger partial charge in [0, 0.05) is 17.0 Å². The van der Waals surface area contributed by atoms with Crippen LogP contribution in [-0.4, -0.2) is 17.8 Å². The Balaban J connectivity index is 2.55. The number of hydrogen-bond donors (Lipinski definition) is 2. The van der Waals surface area contributed by atoms with Crippen molar-refractivity contribution in [3.05, 3.63) is 29.8 Å². The van der Waals surface area contributed by atoms with Crippen molar-refractivity contribution < 1.29 is 4.79 Å². The fourth-order valence-electron chi connectivity index (χ4n) is 1.63. The number of benzodiazepines with no additional fused rings is 1. The quantitative estimate of drug-likeness (QED) is 0.718. The van der Waals surface area contributed by atoms with Crippen LogP contribution in [0.3, 0.4) is 0 Å². The van der Waals surface area contributed by atoms with Crippen LogP contribution in [0, 0.1) is 0 Å². The SMILES string of the molecule is CCC1=N[C@H](N)C(=O)Nc2ccccc21. The average molecular weight is 203 g/mol. The lowest BCUT2D eigenvalue weighted by Gasteiger charge is -2.06. The molecule has 1 heterocycles. The van der Waals surface area contributed by atoms with Crippen molar-refractivity contribution in [3.63, 3.8) is 0 Å². The molecule has 1 atom stereocenters. The number of rotatable bonds is 1. The van der Waals surface area contributed by atoms with E-state index >= 15 is 0 Å². The van der Waals surface area contributed by atoms with E-state index in [0.717, 1.165) is 23.4 Å². The van der Waals surface area contributed by atoms with Gasteiger partial charge in [0.2, 0.25) is 0 Å². The second-order valence-corrected chi connectivity index (χ2v) is 3.41. The number of nitrogens with one attached hydrogen (secondary N) is 1. The first-order chi connectivity index (χ1) is 7.22. The predicted molar refractivity (Wildman–Crippen MR) is 59.9 cm³/mol. The minimum absolute atomic E-state index is 0.258. The summed E-state index contributed by atoms with van der Waals surface area (Å²) in [4.78, 5) is 15.7. The Morgan fingerprint density at radius 2 is 2.20 bits per heavy atom. The number of anilines is 1. The number of nitrogens with two attached hydrogens (primary N) is 1. The molecule has 0 saturated carbocycles. The summed E-state index contributed by atoms with van der Waals surface area (Å²) in [6, 6.07) is 7.60. The third-order valence-corrected chi connectivity index (χ3v) is 2.39. The topological polar surface area (TPSA) is 67.5 Å². The number of hydrogen-bond acceptors (Lipinski definition) is 3. The molecule has 0 spiro atoms. The molecular weight excluding hydrogens is 190 g/mol. The standard InChI is InChI=1S/C11H13N3O/c1-2-8-7-5-3-4-6-9(7)14-11(15)10(12)13-8/h3-6,10H,2,12H2,1H3,(H,14,15)/t10-/m0/s1. The smallest absolute Gasteiger partial charge is 0.263 e. The third-order valence-electron chi connectivity index (χ3n) is 2.39. The van der Waals surface area contributed by atoms with E-state index in [-0.39, 0.29) is 5.91 Å². The molecule has 3 N–H and O–H groups in total. The van der Waals surface area contributed by atoms with Crippen LogP contribution < -0.4 is 11.1 Å². The van der Waals surface area contributed by atoms with Crippen LogP contribution in [0.15, 0.2) is 29.3 Å². The van der Waals surface area contributed by atoms with Gasteiger partial charge in [-0.1, -0.05) is 25.1 Å². The maximum absolute atomic E-state index is 11.5. The monoisotopic (exact) mass is 203 g/mol. The zero-order valence-corrected chi connectivity index (χ0v) is 8.53. The maximum atomic E-state index is 11.5. The molecule has 1 aliphatic rings. The van der Waals surface area contributed by atoms with E-state index in [1.807, 2.05) is 31.2 Å². The summed E-state index contributed by atoms with van der Waals surface area (Å²) in [6.45, 7) is 2.00. The van der Waals surface area contributed by atoms with Crippen molar-refractivity contribution in [3.8, 4) is 0 Å². The summed E-state index contributed by atoms with van der Waals surface area (Å²) >= 11 is 0. The summed E-state index contributed by atoms with van der Waals surface area (Å²) < 4.78 is 0. The van der Waals surface area contributed by atoms with E-state index < -0.39 is 6.17 Å². The molecule has 4 nitrogen and oxygen atoms in total. The normalized spacial score (nSPS) is 20.0. The molecule has 0 unspecified atom stereocenters. The molecule has 1 amide bonds. The lowest BCUT2D eigenvalue weighted by molar-refractivity contribution is -0.117. The number of aliphatic imine (C=N–C) groups is 1. The first-order valence-electron chi connectivity index (χ1n) is 4.95. The average Bonchev–Trinajstić information content (AvgIpc) is 2.37. The van der Waals surface area contributed by atoms with Crippen LogP contribution in [0.1, 0.15) is 18.9 Å². The zero-order valence-electron chi connectivity index (χ0n) is 8.53. The minimum Gasteiger partial charge on any atom is -0.322 e. The Morgan fingerprint density at radius 1 is 1.47 bits per heavy atom. The predicted octanol–water partition coefficient (Wildman–Crippen LogP) is 1.12. The van der Waals surface area contributed by atoms with Gasteiger partial charge >= 0.3 is 0 Å². The molecule has 0 aliphatic carbocycles. The molecule has 0 aromatic heterocycles. The fourth-order valence-corrected chi connectivity index (χ4v) is 1.63. The van der Waals surface area contributed by atoms with Gasteiger partial charge in [-0.3, -0.25) is 9.79 Å². The highest BCUT2D eigenvalue weighted by molar-refractivity contribution is 6.11. The first-order valence-corrected chi connectivity index (χ1v) is 4.95. The van der Waals surface area contributed by atoms with E-state index in [1.54, 1.807) is 0 Å². The maximum Gasteiger partial charge on any atom is 0.263 e. The van der Waals surface area contributed by atoms with Gasteiger partial charge in [-0.05, 0) is 12.5 Å². The molecule has 1 aromatic rings. The van der Waals surface area contributed by atoms with E-state index in [0.29, 0.717) is 0 Å². The van der Waals surface area contributed by atoms with Crippen molar-refractivity contribution in [2.45, 2.75) is 19.5 Å². The largest absolute Gasteiger partial charge is 0.322 e. The second-order valence-electron chi connectivity index (χ2n) is 3.41. The second kappa shape index (κ2) is 3.82.